The summed E-state index contributed by atoms with van der Waals surface area (Å²) >= 11 is 0. The summed E-state index contributed by atoms with van der Waals surface area (Å²) in [5.41, 5.74) is 21.6. The number of anilines is 2. The third kappa shape index (κ3) is 8.02. The third-order valence-electron chi connectivity index (χ3n) is 7.35. The zero-order chi connectivity index (χ0) is 25.2. The molecule has 1 unspecified atom stereocenters. The molecule has 1 atom stereocenters. The molecule has 0 bridgehead atoms. The number of hydrogen-bond donors (Lipinski definition) is 2. The van der Waals surface area contributed by atoms with Crippen molar-refractivity contribution in [1.82, 2.24) is 0 Å². The Hall–Kier alpha value is -3.52. The maximum absolute atomic E-state index is 5.79. The van der Waals surface area contributed by atoms with Gasteiger partial charge in [0.05, 0.1) is 0 Å². The second-order valence-electron chi connectivity index (χ2n) is 10.1. The molecule has 0 aliphatic heterocycles. The fourth-order valence-electron chi connectivity index (χ4n) is 4.82. The number of rotatable bonds is 12. The van der Waals surface area contributed by atoms with E-state index in [1.807, 2.05) is 24.3 Å². The molecule has 2 nitrogen and oxygen atoms in total. The van der Waals surface area contributed by atoms with Crippen LogP contribution in [0.2, 0.25) is 0 Å². The monoisotopic (exact) mass is 476 g/mol. The van der Waals surface area contributed by atoms with Crippen molar-refractivity contribution in [3.05, 3.63) is 130 Å². The Kier molecular flexibility index (Phi) is 9.21. The minimum atomic E-state index is 0.718. The summed E-state index contributed by atoms with van der Waals surface area (Å²) in [5.74, 6) is 0.718. The first-order valence-corrected chi connectivity index (χ1v) is 13.4. The predicted octanol–water partition coefficient (Wildman–Crippen LogP) is 7.62. The third-order valence-corrected chi connectivity index (χ3v) is 7.35. The van der Waals surface area contributed by atoms with Gasteiger partial charge in [0.2, 0.25) is 0 Å². The molecule has 36 heavy (non-hydrogen) atoms. The van der Waals surface area contributed by atoms with Gasteiger partial charge in [-0.3, -0.25) is 0 Å². The van der Waals surface area contributed by atoms with Crippen LogP contribution in [0.15, 0.2) is 97.1 Å². The highest BCUT2D eigenvalue weighted by atomic mass is 14.5. The number of benzene rings is 4. The van der Waals surface area contributed by atoms with E-state index in [0.29, 0.717) is 0 Å². The van der Waals surface area contributed by atoms with Gasteiger partial charge in [0.15, 0.2) is 0 Å². The van der Waals surface area contributed by atoms with E-state index >= 15 is 0 Å². The maximum atomic E-state index is 5.79. The molecule has 4 aromatic rings. The van der Waals surface area contributed by atoms with Gasteiger partial charge in [0.1, 0.15) is 0 Å². The molecule has 0 radical (unpaired) electrons. The molecule has 0 aliphatic carbocycles. The van der Waals surface area contributed by atoms with Crippen molar-refractivity contribution in [3.8, 4) is 0 Å². The SMILES string of the molecule is CCC(CCc1ccc(CCc2ccc(N)cc2)cc1)Cc1ccc(CCc2ccc(N)cc2)cc1. The lowest BCUT2D eigenvalue weighted by Crippen LogP contribution is -2.05. The molecule has 4 aromatic carbocycles. The molecule has 2 heteroatoms. The first-order valence-electron chi connectivity index (χ1n) is 13.4. The van der Waals surface area contributed by atoms with Gasteiger partial charge in [-0.2, -0.15) is 0 Å². The Bertz CT molecular complexity index is 1170. The first kappa shape index (κ1) is 25.6. The molecule has 0 heterocycles. The van der Waals surface area contributed by atoms with Crippen molar-refractivity contribution in [1.29, 1.82) is 0 Å². The molecular weight excluding hydrogens is 436 g/mol. The van der Waals surface area contributed by atoms with Gasteiger partial charge in [-0.25, -0.2) is 0 Å². The maximum Gasteiger partial charge on any atom is 0.0314 e. The van der Waals surface area contributed by atoms with Gasteiger partial charge in [-0.1, -0.05) is 86.1 Å². The Morgan fingerprint density at radius 3 is 1.11 bits per heavy atom. The van der Waals surface area contributed by atoms with Crippen LogP contribution in [0.25, 0.3) is 0 Å². The molecule has 4 N–H and O–H groups in total. The van der Waals surface area contributed by atoms with Crippen LogP contribution in [0.5, 0.6) is 0 Å². The van der Waals surface area contributed by atoms with Crippen molar-refractivity contribution in [2.45, 2.75) is 58.3 Å². The van der Waals surface area contributed by atoms with E-state index in [0.717, 1.165) is 55.8 Å². The summed E-state index contributed by atoms with van der Waals surface area (Å²) in [7, 11) is 0. The molecule has 0 fully saturated rings. The molecule has 0 saturated carbocycles. The molecule has 0 spiro atoms. The van der Waals surface area contributed by atoms with Crippen LogP contribution in [0, 0.1) is 5.92 Å². The molecule has 0 saturated heterocycles. The van der Waals surface area contributed by atoms with Crippen molar-refractivity contribution in [3.63, 3.8) is 0 Å². The van der Waals surface area contributed by atoms with Crippen molar-refractivity contribution >= 4 is 11.4 Å². The van der Waals surface area contributed by atoms with Crippen LogP contribution >= 0.6 is 0 Å². The van der Waals surface area contributed by atoms with Crippen LogP contribution < -0.4 is 11.5 Å². The van der Waals surface area contributed by atoms with E-state index in [2.05, 4.69) is 79.7 Å². The lowest BCUT2D eigenvalue weighted by atomic mass is 9.90. The fourth-order valence-corrected chi connectivity index (χ4v) is 4.82. The van der Waals surface area contributed by atoms with E-state index in [-0.39, 0.29) is 0 Å². The van der Waals surface area contributed by atoms with E-state index < -0.39 is 0 Å². The summed E-state index contributed by atoms with van der Waals surface area (Å²) in [6.07, 6.45) is 9.01. The summed E-state index contributed by atoms with van der Waals surface area (Å²) < 4.78 is 0. The highest BCUT2D eigenvalue weighted by Gasteiger charge is 2.09. The first-order chi connectivity index (χ1) is 17.6. The van der Waals surface area contributed by atoms with Crippen LogP contribution in [0.3, 0.4) is 0 Å². The Labute approximate surface area is 217 Å². The molecule has 186 valence electrons. The lowest BCUT2D eigenvalue weighted by Gasteiger charge is -2.15. The molecule has 0 amide bonds. The second-order valence-corrected chi connectivity index (χ2v) is 10.1. The van der Waals surface area contributed by atoms with Crippen LogP contribution in [0.4, 0.5) is 11.4 Å². The number of aryl methyl sites for hydroxylation is 5. The Balaban J connectivity index is 1.21. The number of nitrogen functional groups attached to an aromatic ring is 2. The summed E-state index contributed by atoms with van der Waals surface area (Å²) in [5, 5.41) is 0. The standard InChI is InChI=1S/C34H40N2/c1-2-26(25-32-15-13-29(14-16-32)10-12-31-19-23-34(36)24-20-31)3-4-27-5-7-28(8-6-27)9-11-30-17-21-33(35)22-18-30/h5-8,13-24,26H,2-4,9-12,25,35-36H2,1H3. The summed E-state index contributed by atoms with van der Waals surface area (Å²) in [6, 6.07) is 35.0. The van der Waals surface area contributed by atoms with Crippen molar-refractivity contribution in [2.24, 2.45) is 5.92 Å². The van der Waals surface area contributed by atoms with E-state index in [1.165, 1.54) is 46.2 Å². The van der Waals surface area contributed by atoms with E-state index in [9.17, 15) is 0 Å². The second kappa shape index (κ2) is 13.0. The predicted molar refractivity (Wildman–Crippen MR) is 155 cm³/mol. The van der Waals surface area contributed by atoms with Gasteiger partial charge in [-0.05, 0) is 109 Å². The minimum Gasteiger partial charge on any atom is -0.399 e. The van der Waals surface area contributed by atoms with E-state index in [1.54, 1.807) is 0 Å². The number of nitrogens with two attached hydrogens (primary N) is 2. The Morgan fingerprint density at radius 1 is 0.444 bits per heavy atom. The number of hydrogen-bond acceptors (Lipinski definition) is 2. The fraction of sp³-hybridized carbons (Fsp3) is 0.294. The average Bonchev–Trinajstić information content (AvgIpc) is 2.91. The lowest BCUT2D eigenvalue weighted by molar-refractivity contribution is 0.468. The van der Waals surface area contributed by atoms with Gasteiger partial charge >= 0.3 is 0 Å². The van der Waals surface area contributed by atoms with Crippen molar-refractivity contribution < 1.29 is 0 Å². The van der Waals surface area contributed by atoms with Gasteiger partial charge in [0.25, 0.3) is 0 Å². The summed E-state index contributed by atoms with van der Waals surface area (Å²) in [6.45, 7) is 2.33. The Morgan fingerprint density at radius 2 is 0.750 bits per heavy atom. The molecule has 0 aromatic heterocycles. The van der Waals surface area contributed by atoms with Gasteiger partial charge in [-0.15, -0.1) is 0 Å². The molecule has 0 aliphatic rings. The van der Waals surface area contributed by atoms with Gasteiger partial charge < -0.3 is 11.5 Å². The molecular formula is C34H40N2. The quantitative estimate of drug-likeness (QED) is 0.207. The van der Waals surface area contributed by atoms with Crippen LogP contribution in [-0.4, -0.2) is 0 Å². The minimum absolute atomic E-state index is 0.718. The smallest absolute Gasteiger partial charge is 0.0314 e. The van der Waals surface area contributed by atoms with Crippen LogP contribution in [-0.2, 0) is 38.5 Å². The zero-order valence-electron chi connectivity index (χ0n) is 21.6. The van der Waals surface area contributed by atoms with E-state index in [4.69, 9.17) is 11.5 Å². The highest BCUT2D eigenvalue weighted by Crippen LogP contribution is 2.20. The summed E-state index contributed by atoms with van der Waals surface area (Å²) in [4.78, 5) is 0. The zero-order valence-corrected chi connectivity index (χ0v) is 21.6. The van der Waals surface area contributed by atoms with Gasteiger partial charge in [0, 0.05) is 11.4 Å². The largest absolute Gasteiger partial charge is 0.399 e. The van der Waals surface area contributed by atoms with Crippen LogP contribution in [0.1, 0.15) is 53.1 Å². The normalized spacial score (nSPS) is 11.9. The van der Waals surface area contributed by atoms with Crippen molar-refractivity contribution in [2.75, 3.05) is 11.5 Å². The average molecular weight is 477 g/mol. The highest BCUT2D eigenvalue weighted by molar-refractivity contribution is 5.40. The molecule has 4 rings (SSSR count). The topological polar surface area (TPSA) is 52.0 Å².